The standard InChI is InChI=1S/C18H36O2Si/c1-17(2,3)19-21(20-18(4,5)6,15-11-7-8-12-15)16-13-9-10-14-16/h15-16H,7-14H2,1-6H3. The molecule has 0 aromatic heterocycles. The maximum Gasteiger partial charge on any atom is 0.345 e. The van der Waals surface area contributed by atoms with Crippen molar-refractivity contribution >= 4 is 8.56 Å². The van der Waals surface area contributed by atoms with E-state index in [2.05, 4.69) is 41.5 Å². The zero-order valence-corrected chi connectivity index (χ0v) is 16.1. The Bertz CT molecular complexity index is 294. The molecule has 0 saturated heterocycles. The van der Waals surface area contributed by atoms with E-state index in [9.17, 15) is 0 Å². The molecule has 0 heterocycles. The van der Waals surface area contributed by atoms with Gasteiger partial charge in [0.2, 0.25) is 0 Å². The van der Waals surface area contributed by atoms with E-state index < -0.39 is 8.56 Å². The van der Waals surface area contributed by atoms with Gasteiger partial charge < -0.3 is 8.85 Å². The molecule has 21 heavy (non-hydrogen) atoms. The monoisotopic (exact) mass is 312 g/mol. The smallest absolute Gasteiger partial charge is 0.345 e. The van der Waals surface area contributed by atoms with Crippen LogP contribution in [0.15, 0.2) is 0 Å². The molecular weight excluding hydrogens is 276 g/mol. The quantitative estimate of drug-likeness (QED) is 0.597. The third-order valence-electron chi connectivity index (χ3n) is 4.78. The Morgan fingerprint density at radius 2 is 0.905 bits per heavy atom. The second-order valence-electron chi connectivity index (χ2n) is 9.11. The minimum Gasteiger partial charge on any atom is -0.389 e. The lowest BCUT2D eigenvalue weighted by Crippen LogP contribution is -2.57. The molecule has 0 spiro atoms. The molecule has 0 atom stereocenters. The highest BCUT2D eigenvalue weighted by Gasteiger charge is 2.56. The van der Waals surface area contributed by atoms with Crippen LogP contribution in [-0.4, -0.2) is 19.8 Å². The van der Waals surface area contributed by atoms with E-state index in [0.717, 1.165) is 0 Å². The molecule has 2 aliphatic carbocycles. The van der Waals surface area contributed by atoms with Gasteiger partial charge in [-0.2, -0.15) is 0 Å². The average Bonchev–Trinajstić information content (AvgIpc) is 2.98. The fraction of sp³-hybridized carbons (Fsp3) is 1.00. The zero-order chi connectivity index (χ0) is 15.7. The van der Waals surface area contributed by atoms with Crippen LogP contribution in [0.4, 0.5) is 0 Å². The summed E-state index contributed by atoms with van der Waals surface area (Å²) in [6.07, 6.45) is 10.8. The van der Waals surface area contributed by atoms with Gasteiger partial charge in [0.15, 0.2) is 0 Å². The minimum atomic E-state index is -2.20. The Morgan fingerprint density at radius 1 is 0.619 bits per heavy atom. The van der Waals surface area contributed by atoms with Crippen LogP contribution in [0.2, 0.25) is 11.1 Å². The van der Waals surface area contributed by atoms with Crippen LogP contribution in [0.25, 0.3) is 0 Å². The van der Waals surface area contributed by atoms with Gasteiger partial charge in [0, 0.05) is 11.1 Å². The van der Waals surface area contributed by atoms with Crippen LogP contribution in [0.5, 0.6) is 0 Å². The van der Waals surface area contributed by atoms with E-state index in [1.807, 2.05) is 0 Å². The number of hydrogen-bond acceptors (Lipinski definition) is 2. The van der Waals surface area contributed by atoms with Gasteiger partial charge in [-0.15, -0.1) is 0 Å². The van der Waals surface area contributed by atoms with Crippen molar-refractivity contribution in [1.82, 2.24) is 0 Å². The van der Waals surface area contributed by atoms with Gasteiger partial charge in [0.25, 0.3) is 0 Å². The second-order valence-corrected chi connectivity index (χ2v) is 12.6. The highest BCUT2D eigenvalue weighted by molar-refractivity contribution is 6.71. The van der Waals surface area contributed by atoms with Crippen LogP contribution in [0, 0.1) is 0 Å². The van der Waals surface area contributed by atoms with Gasteiger partial charge in [-0.25, -0.2) is 0 Å². The maximum atomic E-state index is 6.89. The summed E-state index contributed by atoms with van der Waals surface area (Å²) in [5.41, 5.74) is 1.23. The Balaban J connectivity index is 2.35. The van der Waals surface area contributed by atoms with Gasteiger partial charge in [-0.05, 0) is 67.2 Å². The maximum absolute atomic E-state index is 6.89. The predicted octanol–water partition coefficient (Wildman–Crippen LogP) is 5.95. The first-order valence-electron chi connectivity index (χ1n) is 9.03. The lowest BCUT2D eigenvalue weighted by molar-refractivity contribution is 0.00269. The van der Waals surface area contributed by atoms with Crippen molar-refractivity contribution in [2.75, 3.05) is 0 Å². The molecule has 0 amide bonds. The number of rotatable bonds is 4. The van der Waals surface area contributed by atoms with Crippen molar-refractivity contribution in [3.05, 3.63) is 0 Å². The summed E-state index contributed by atoms with van der Waals surface area (Å²) < 4.78 is 13.8. The van der Waals surface area contributed by atoms with Gasteiger partial charge in [0.05, 0.1) is 11.2 Å². The van der Waals surface area contributed by atoms with E-state index in [-0.39, 0.29) is 11.2 Å². The molecule has 2 fully saturated rings. The van der Waals surface area contributed by atoms with Crippen molar-refractivity contribution in [1.29, 1.82) is 0 Å². The molecule has 124 valence electrons. The molecule has 2 saturated carbocycles. The number of hydrogen-bond donors (Lipinski definition) is 0. The van der Waals surface area contributed by atoms with Gasteiger partial charge in [-0.3, -0.25) is 0 Å². The molecule has 2 aliphatic rings. The summed E-state index contributed by atoms with van der Waals surface area (Å²) >= 11 is 0. The lowest BCUT2D eigenvalue weighted by atomic mass is 10.2. The van der Waals surface area contributed by atoms with Crippen LogP contribution < -0.4 is 0 Å². The summed E-state index contributed by atoms with van der Waals surface area (Å²) in [6, 6.07) is 0. The normalized spacial score (nSPS) is 23.1. The van der Waals surface area contributed by atoms with Crippen LogP contribution >= 0.6 is 0 Å². The fourth-order valence-corrected chi connectivity index (χ4v) is 10.0. The van der Waals surface area contributed by atoms with Crippen LogP contribution in [0.1, 0.15) is 92.9 Å². The predicted molar refractivity (Wildman–Crippen MR) is 91.9 cm³/mol. The Hall–Kier alpha value is 0.137. The summed E-state index contributed by atoms with van der Waals surface area (Å²) in [5.74, 6) is 0. The van der Waals surface area contributed by atoms with Crippen molar-refractivity contribution in [3.8, 4) is 0 Å². The van der Waals surface area contributed by atoms with Crippen LogP contribution in [-0.2, 0) is 8.85 Å². The Labute approximate surface area is 133 Å². The molecular formula is C18H36O2Si. The third kappa shape index (κ3) is 4.55. The highest BCUT2D eigenvalue weighted by atomic mass is 28.4. The minimum absolute atomic E-state index is 0.0946. The third-order valence-corrected chi connectivity index (χ3v) is 10.1. The molecule has 2 nitrogen and oxygen atoms in total. The molecule has 0 unspecified atom stereocenters. The second kappa shape index (κ2) is 6.33. The lowest BCUT2D eigenvalue weighted by Gasteiger charge is -2.47. The Kier molecular flexibility index (Phi) is 5.27. The summed E-state index contributed by atoms with van der Waals surface area (Å²) in [6.45, 7) is 13.3. The summed E-state index contributed by atoms with van der Waals surface area (Å²) in [5, 5.41) is 0. The summed E-state index contributed by atoms with van der Waals surface area (Å²) in [7, 11) is -2.20. The zero-order valence-electron chi connectivity index (χ0n) is 15.1. The first-order valence-corrected chi connectivity index (χ1v) is 11.0. The first-order chi connectivity index (χ1) is 9.62. The van der Waals surface area contributed by atoms with E-state index >= 15 is 0 Å². The topological polar surface area (TPSA) is 18.5 Å². The van der Waals surface area contributed by atoms with Gasteiger partial charge >= 0.3 is 8.56 Å². The van der Waals surface area contributed by atoms with Gasteiger partial charge in [0.1, 0.15) is 0 Å². The molecule has 2 rings (SSSR count). The van der Waals surface area contributed by atoms with E-state index in [0.29, 0.717) is 11.1 Å². The van der Waals surface area contributed by atoms with E-state index in [1.165, 1.54) is 51.4 Å². The first kappa shape index (κ1) is 17.5. The van der Waals surface area contributed by atoms with E-state index in [4.69, 9.17) is 8.85 Å². The van der Waals surface area contributed by atoms with Crippen molar-refractivity contribution in [2.24, 2.45) is 0 Å². The average molecular weight is 313 g/mol. The van der Waals surface area contributed by atoms with Crippen molar-refractivity contribution in [2.45, 2.75) is 115 Å². The van der Waals surface area contributed by atoms with Crippen molar-refractivity contribution < 1.29 is 8.85 Å². The highest BCUT2D eigenvalue weighted by Crippen LogP contribution is 2.53. The van der Waals surface area contributed by atoms with Gasteiger partial charge in [-0.1, -0.05) is 25.7 Å². The molecule has 0 aromatic rings. The molecule has 0 bridgehead atoms. The molecule has 0 radical (unpaired) electrons. The largest absolute Gasteiger partial charge is 0.389 e. The van der Waals surface area contributed by atoms with Crippen molar-refractivity contribution in [3.63, 3.8) is 0 Å². The van der Waals surface area contributed by atoms with Crippen LogP contribution in [0.3, 0.4) is 0 Å². The Morgan fingerprint density at radius 3 is 1.14 bits per heavy atom. The fourth-order valence-electron chi connectivity index (χ4n) is 4.30. The van der Waals surface area contributed by atoms with E-state index in [1.54, 1.807) is 0 Å². The molecule has 0 aromatic carbocycles. The molecule has 0 N–H and O–H groups in total. The molecule has 0 aliphatic heterocycles. The molecule has 3 heteroatoms. The summed E-state index contributed by atoms with van der Waals surface area (Å²) in [4.78, 5) is 0. The SMILES string of the molecule is CC(C)(C)O[Si](OC(C)(C)C)(C1CCCC1)C1CCCC1.